The van der Waals surface area contributed by atoms with Crippen molar-refractivity contribution in [2.24, 2.45) is 13.0 Å². The van der Waals surface area contributed by atoms with Crippen molar-refractivity contribution < 1.29 is 14.7 Å². The van der Waals surface area contributed by atoms with Crippen molar-refractivity contribution in [3.05, 3.63) is 17.0 Å². The van der Waals surface area contributed by atoms with E-state index < -0.39 is 11.9 Å². The quantitative estimate of drug-likeness (QED) is 0.851. The van der Waals surface area contributed by atoms with Crippen molar-refractivity contribution in [2.45, 2.75) is 26.8 Å². The Balaban J connectivity index is 1.91. The van der Waals surface area contributed by atoms with Crippen LogP contribution in [0.15, 0.2) is 0 Å². The fourth-order valence-electron chi connectivity index (χ4n) is 2.50. The third kappa shape index (κ3) is 2.76. The zero-order valence-electron chi connectivity index (χ0n) is 12.0. The number of carboxylic acids is 1. The third-order valence-corrected chi connectivity index (χ3v) is 3.90. The minimum absolute atomic E-state index is 0.212. The molecule has 1 aliphatic heterocycles. The van der Waals surface area contributed by atoms with Crippen LogP contribution in [0.2, 0.25) is 0 Å². The molecule has 2 amide bonds. The highest BCUT2D eigenvalue weighted by atomic mass is 16.4. The number of rotatable bonds is 3. The van der Waals surface area contributed by atoms with Gasteiger partial charge in [0.2, 0.25) is 0 Å². The monoisotopic (exact) mass is 280 g/mol. The molecule has 2 heterocycles. The Kier molecular flexibility index (Phi) is 3.96. The van der Waals surface area contributed by atoms with Gasteiger partial charge in [-0.2, -0.15) is 5.10 Å². The molecular formula is C13H20N4O3. The van der Waals surface area contributed by atoms with Crippen molar-refractivity contribution in [2.75, 3.05) is 13.1 Å². The highest BCUT2D eigenvalue weighted by Gasteiger charge is 2.30. The van der Waals surface area contributed by atoms with Gasteiger partial charge in [0, 0.05) is 37.9 Å². The topological polar surface area (TPSA) is 87.5 Å². The van der Waals surface area contributed by atoms with Crippen molar-refractivity contribution >= 4 is 12.0 Å². The van der Waals surface area contributed by atoms with Gasteiger partial charge in [-0.15, -0.1) is 0 Å². The number of amides is 2. The number of aliphatic carboxylic acids is 1. The van der Waals surface area contributed by atoms with Gasteiger partial charge in [0.1, 0.15) is 0 Å². The molecule has 2 rings (SSSR count). The van der Waals surface area contributed by atoms with Crippen LogP contribution in [-0.2, 0) is 18.4 Å². The zero-order chi connectivity index (χ0) is 14.9. The normalized spacial score (nSPS) is 18.4. The van der Waals surface area contributed by atoms with E-state index in [9.17, 15) is 9.59 Å². The summed E-state index contributed by atoms with van der Waals surface area (Å²) in [6, 6.07) is -0.212. The Bertz CT molecular complexity index is 538. The first-order valence-electron chi connectivity index (χ1n) is 6.64. The van der Waals surface area contributed by atoms with E-state index in [1.165, 1.54) is 0 Å². The van der Waals surface area contributed by atoms with Gasteiger partial charge in [-0.25, -0.2) is 4.79 Å². The Hall–Kier alpha value is -2.05. The standard InChI is InChI=1S/C13H20N4O3/c1-8-11(9(2)16(3)15-8)6-14-13(20)17-5-4-10(7-17)12(18)19/h10H,4-7H2,1-3H3,(H,14,20)(H,18,19). The summed E-state index contributed by atoms with van der Waals surface area (Å²) in [6.45, 7) is 5.06. The number of hydrogen-bond donors (Lipinski definition) is 2. The molecule has 1 fully saturated rings. The molecule has 1 unspecified atom stereocenters. The third-order valence-electron chi connectivity index (χ3n) is 3.90. The Labute approximate surface area is 117 Å². The van der Waals surface area contributed by atoms with Crippen LogP contribution >= 0.6 is 0 Å². The van der Waals surface area contributed by atoms with Gasteiger partial charge < -0.3 is 15.3 Å². The summed E-state index contributed by atoms with van der Waals surface area (Å²) in [6.07, 6.45) is 0.522. The second kappa shape index (κ2) is 5.52. The second-order valence-corrected chi connectivity index (χ2v) is 5.20. The van der Waals surface area contributed by atoms with E-state index in [1.807, 2.05) is 20.9 Å². The lowest BCUT2D eigenvalue weighted by atomic mass is 10.1. The lowest BCUT2D eigenvalue weighted by Gasteiger charge is -2.16. The van der Waals surface area contributed by atoms with E-state index in [0.29, 0.717) is 19.5 Å². The van der Waals surface area contributed by atoms with E-state index in [-0.39, 0.29) is 12.6 Å². The number of aryl methyl sites for hydroxylation is 2. The molecule has 1 saturated heterocycles. The largest absolute Gasteiger partial charge is 0.481 e. The van der Waals surface area contributed by atoms with Crippen LogP contribution in [-0.4, -0.2) is 44.9 Å². The number of hydrogen-bond acceptors (Lipinski definition) is 3. The minimum Gasteiger partial charge on any atom is -0.481 e. The fraction of sp³-hybridized carbons (Fsp3) is 0.615. The number of carbonyl (C=O) groups is 2. The molecule has 0 aliphatic carbocycles. The summed E-state index contributed by atoms with van der Waals surface area (Å²) >= 11 is 0. The summed E-state index contributed by atoms with van der Waals surface area (Å²) in [5, 5.41) is 16.1. The molecule has 0 aromatic carbocycles. The summed E-state index contributed by atoms with van der Waals surface area (Å²) in [4.78, 5) is 24.4. The number of carboxylic acid groups (broad SMARTS) is 1. The maximum Gasteiger partial charge on any atom is 0.317 e. The number of aromatic nitrogens is 2. The van der Waals surface area contributed by atoms with Gasteiger partial charge in [-0.05, 0) is 20.3 Å². The lowest BCUT2D eigenvalue weighted by molar-refractivity contribution is -0.141. The van der Waals surface area contributed by atoms with Crippen molar-refractivity contribution in [3.63, 3.8) is 0 Å². The first-order chi connectivity index (χ1) is 9.40. The molecule has 0 radical (unpaired) electrons. The second-order valence-electron chi connectivity index (χ2n) is 5.20. The highest BCUT2D eigenvalue weighted by molar-refractivity contribution is 5.77. The smallest absolute Gasteiger partial charge is 0.317 e. The van der Waals surface area contributed by atoms with E-state index in [2.05, 4.69) is 10.4 Å². The maximum atomic E-state index is 12.0. The molecule has 1 aromatic heterocycles. The molecule has 0 saturated carbocycles. The fourth-order valence-corrected chi connectivity index (χ4v) is 2.50. The molecule has 7 heteroatoms. The molecule has 1 atom stereocenters. The number of carbonyl (C=O) groups excluding carboxylic acids is 1. The van der Waals surface area contributed by atoms with Gasteiger partial charge in [0.05, 0.1) is 11.6 Å². The predicted octanol–water partition coefficient (Wildman–Crippen LogP) is 0.653. The van der Waals surface area contributed by atoms with Crippen molar-refractivity contribution in [3.8, 4) is 0 Å². The summed E-state index contributed by atoms with van der Waals surface area (Å²) in [5.41, 5.74) is 2.93. The summed E-state index contributed by atoms with van der Waals surface area (Å²) in [7, 11) is 1.87. The molecule has 0 bridgehead atoms. The van der Waals surface area contributed by atoms with Gasteiger partial charge in [0.25, 0.3) is 0 Å². The van der Waals surface area contributed by atoms with Crippen molar-refractivity contribution in [1.82, 2.24) is 20.0 Å². The minimum atomic E-state index is -0.834. The van der Waals surface area contributed by atoms with Gasteiger partial charge >= 0.3 is 12.0 Å². The Morgan fingerprint density at radius 1 is 1.45 bits per heavy atom. The number of likely N-dealkylation sites (tertiary alicyclic amines) is 1. The van der Waals surface area contributed by atoms with E-state index in [4.69, 9.17) is 5.11 Å². The molecular weight excluding hydrogens is 260 g/mol. The SMILES string of the molecule is Cc1nn(C)c(C)c1CNC(=O)N1CCC(C(=O)O)C1. The zero-order valence-corrected chi connectivity index (χ0v) is 12.0. The lowest BCUT2D eigenvalue weighted by Crippen LogP contribution is -2.38. The molecule has 0 spiro atoms. The first kappa shape index (κ1) is 14.4. The number of nitrogens with one attached hydrogen (secondary N) is 1. The highest BCUT2D eigenvalue weighted by Crippen LogP contribution is 2.17. The van der Waals surface area contributed by atoms with Crippen LogP contribution in [0.3, 0.4) is 0 Å². The van der Waals surface area contributed by atoms with Gasteiger partial charge in [-0.1, -0.05) is 0 Å². The molecule has 110 valence electrons. The average Bonchev–Trinajstić information content (AvgIpc) is 2.95. The molecule has 1 aromatic rings. The summed E-state index contributed by atoms with van der Waals surface area (Å²) in [5.74, 6) is -1.28. The van der Waals surface area contributed by atoms with Crippen LogP contribution < -0.4 is 5.32 Å². The summed E-state index contributed by atoms with van der Waals surface area (Å²) < 4.78 is 1.78. The van der Waals surface area contributed by atoms with Gasteiger partial charge in [-0.3, -0.25) is 9.48 Å². The van der Waals surface area contributed by atoms with Gasteiger partial charge in [0.15, 0.2) is 0 Å². The maximum absolute atomic E-state index is 12.0. The Morgan fingerprint density at radius 3 is 2.65 bits per heavy atom. The molecule has 20 heavy (non-hydrogen) atoms. The van der Waals surface area contributed by atoms with Crippen molar-refractivity contribution in [1.29, 1.82) is 0 Å². The van der Waals surface area contributed by atoms with Crippen LogP contribution in [0, 0.1) is 19.8 Å². The molecule has 2 N–H and O–H groups in total. The Morgan fingerprint density at radius 2 is 2.15 bits per heavy atom. The van der Waals surface area contributed by atoms with Crippen LogP contribution in [0.5, 0.6) is 0 Å². The van der Waals surface area contributed by atoms with Crippen LogP contribution in [0.4, 0.5) is 4.79 Å². The predicted molar refractivity (Wildman–Crippen MR) is 72.2 cm³/mol. The van der Waals surface area contributed by atoms with Crippen LogP contribution in [0.25, 0.3) is 0 Å². The number of urea groups is 1. The first-order valence-corrected chi connectivity index (χ1v) is 6.64. The average molecular weight is 280 g/mol. The van der Waals surface area contributed by atoms with E-state index >= 15 is 0 Å². The molecule has 1 aliphatic rings. The van der Waals surface area contributed by atoms with E-state index in [1.54, 1.807) is 9.58 Å². The van der Waals surface area contributed by atoms with E-state index in [0.717, 1.165) is 17.0 Å². The molecule has 7 nitrogen and oxygen atoms in total. The number of nitrogens with zero attached hydrogens (tertiary/aromatic N) is 3. The van der Waals surface area contributed by atoms with Crippen LogP contribution in [0.1, 0.15) is 23.4 Å².